The van der Waals surface area contributed by atoms with Crippen LogP contribution in [-0.4, -0.2) is 50.1 Å². The molecule has 1 fully saturated rings. The molecule has 10 heteroatoms. The Kier molecular flexibility index (Phi) is 3.78. The minimum Gasteiger partial charge on any atom is -0.354 e. The van der Waals surface area contributed by atoms with Crippen LogP contribution in [-0.2, 0) is 24.4 Å². The molecular weight excluding hydrogens is 324 g/mol. The fourth-order valence-electron chi connectivity index (χ4n) is 2.40. The van der Waals surface area contributed by atoms with Crippen molar-refractivity contribution in [1.29, 1.82) is 0 Å². The number of nitrogens with zero attached hydrogens (tertiary/aromatic N) is 1. The van der Waals surface area contributed by atoms with Gasteiger partial charge in [0.15, 0.2) is 0 Å². The van der Waals surface area contributed by atoms with E-state index in [4.69, 9.17) is 0 Å². The average molecular weight is 338 g/mol. The largest absolute Gasteiger partial charge is 0.354 e. The van der Waals surface area contributed by atoms with Crippen LogP contribution < -0.4 is 16.0 Å². The van der Waals surface area contributed by atoms with E-state index in [0.717, 1.165) is 4.31 Å². The van der Waals surface area contributed by atoms with E-state index in [2.05, 4.69) is 16.0 Å². The first-order chi connectivity index (χ1) is 10.9. The van der Waals surface area contributed by atoms with E-state index < -0.39 is 21.8 Å². The standard InChI is InChI=1S/C13H14N4O5S/c18-11-6-12(19)16-10-5-8(1-2-9(10)15-11)23(21,22)17-4-3-14-13(20)7-17/h1-2,5H,3-4,6-7H2,(H,14,20)(H,15,18)(H,16,19). The van der Waals surface area contributed by atoms with Crippen molar-refractivity contribution in [3.8, 4) is 0 Å². The van der Waals surface area contributed by atoms with Gasteiger partial charge in [0.2, 0.25) is 27.7 Å². The topological polar surface area (TPSA) is 125 Å². The minimum absolute atomic E-state index is 0.0533. The molecule has 9 nitrogen and oxygen atoms in total. The summed E-state index contributed by atoms with van der Waals surface area (Å²) >= 11 is 0. The maximum Gasteiger partial charge on any atom is 0.243 e. The number of rotatable bonds is 2. The first-order valence-corrected chi connectivity index (χ1v) is 8.31. The molecule has 2 aliphatic rings. The van der Waals surface area contributed by atoms with Crippen LogP contribution >= 0.6 is 0 Å². The molecule has 0 saturated carbocycles. The third-order valence-electron chi connectivity index (χ3n) is 3.50. The van der Waals surface area contributed by atoms with Crippen LogP contribution in [0.4, 0.5) is 11.4 Å². The number of piperazine rings is 1. The lowest BCUT2D eigenvalue weighted by Crippen LogP contribution is -2.49. The summed E-state index contributed by atoms with van der Waals surface area (Å²) < 4.78 is 26.3. The first kappa shape index (κ1) is 15.4. The summed E-state index contributed by atoms with van der Waals surface area (Å²) in [5, 5.41) is 7.57. The quantitative estimate of drug-likeness (QED) is 0.602. The van der Waals surface area contributed by atoms with Gasteiger partial charge in [-0.1, -0.05) is 0 Å². The van der Waals surface area contributed by atoms with Gasteiger partial charge in [-0.3, -0.25) is 14.4 Å². The van der Waals surface area contributed by atoms with E-state index in [9.17, 15) is 22.8 Å². The highest BCUT2D eigenvalue weighted by atomic mass is 32.2. The monoisotopic (exact) mass is 338 g/mol. The lowest BCUT2D eigenvalue weighted by atomic mass is 10.2. The third kappa shape index (κ3) is 3.03. The van der Waals surface area contributed by atoms with Gasteiger partial charge in [0.05, 0.1) is 22.8 Å². The molecule has 3 amide bonds. The third-order valence-corrected chi connectivity index (χ3v) is 5.34. The fraction of sp³-hybridized carbons (Fsp3) is 0.308. The number of hydrogen-bond donors (Lipinski definition) is 3. The predicted molar refractivity (Wildman–Crippen MR) is 80.1 cm³/mol. The molecule has 3 N–H and O–H groups in total. The highest BCUT2D eigenvalue weighted by Crippen LogP contribution is 2.29. The minimum atomic E-state index is -3.86. The second kappa shape index (κ2) is 5.63. The van der Waals surface area contributed by atoms with E-state index in [1.807, 2.05) is 0 Å². The summed E-state index contributed by atoms with van der Waals surface area (Å²) in [6, 6.07) is 4.02. The van der Waals surface area contributed by atoms with Crippen LogP contribution in [0.5, 0.6) is 0 Å². The van der Waals surface area contributed by atoms with Crippen LogP contribution in [0.25, 0.3) is 0 Å². The van der Waals surface area contributed by atoms with Gasteiger partial charge in [0.25, 0.3) is 0 Å². The smallest absolute Gasteiger partial charge is 0.243 e. The second-order valence-electron chi connectivity index (χ2n) is 5.17. The SMILES string of the molecule is O=C1CN(S(=O)(=O)c2ccc3c(c2)NC(=O)CC(=O)N3)CCN1. The Bertz CT molecular complexity index is 805. The zero-order chi connectivity index (χ0) is 16.6. The van der Waals surface area contributed by atoms with E-state index >= 15 is 0 Å². The molecule has 0 aliphatic carbocycles. The second-order valence-corrected chi connectivity index (χ2v) is 7.11. The van der Waals surface area contributed by atoms with Gasteiger partial charge in [0, 0.05) is 13.1 Å². The number of hydrogen-bond acceptors (Lipinski definition) is 5. The van der Waals surface area contributed by atoms with E-state index in [0.29, 0.717) is 5.69 Å². The number of carbonyl (C=O) groups is 3. The van der Waals surface area contributed by atoms with E-state index in [-0.39, 0.29) is 42.5 Å². The van der Waals surface area contributed by atoms with Gasteiger partial charge < -0.3 is 16.0 Å². The highest BCUT2D eigenvalue weighted by Gasteiger charge is 2.30. The number of fused-ring (bicyclic) bond motifs is 1. The van der Waals surface area contributed by atoms with Crippen LogP contribution in [0, 0.1) is 0 Å². The zero-order valence-electron chi connectivity index (χ0n) is 12.0. The Morgan fingerprint density at radius 3 is 2.35 bits per heavy atom. The molecule has 0 atom stereocenters. The van der Waals surface area contributed by atoms with Crippen LogP contribution in [0.1, 0.15) is 6.42 Å². The molecule has 2 heterocycles. The summed E-state index contributed by atoms with van der Waals surface area (Å²) in [4.78, 5) is 34.4. The maximum atomic E-state index is 12.6. The van der Waals surface area contributed by atoms with Crippen molar-refractivity contribution in [3.05, 3.63) is 18.2 Å². The number of amides is 3. The Labute approximate surface area is 132 Å². The average Bonchev–Trinajstić information content (AvgIpc) is 2.62. The summed E-state index contributed by atoms with van der Waals surface area (Å²) in [7, 11) is -3.86. The van der Waals surface area contributed by atoms with Crippen molar-refractivity contribution in [2.75, 3.05) is 30.3 Å². The van der Waals surface area contributed by atoms with Gasteiger partial charge in [-0.2, -0.15) is 4.31 Å². The van der Waals surface area contributed by atoms with Gasteiger partial charge in [-0.05, 0) is 18.2 Å². The fourth-order valence-corrected chi connectivity index (χ4v) is 3.82. The number of benzene rings is 1. The number of nitrogens with one attached hydrogen (secondary N) is 3. The zero-order valence-corrected chi connectivity index (χ0v) is 12.8. The lowest BCUT2D eigenvalue weighted by molar-refractivity contribution is -0.124. The molecular formula is C13H14N4O5S. The van der Waals surface area contributed by atoms with Crippen LogP contribution in [0.2, 0.25) is 0 Å². The van der Waals surface area contributed by atoms with Crippen molar-refractivity contribution >= 4 is 39.1 Å². The maximum absolute atomic E-state index is 12.6. The van der Waals surface area contributed by atoms with Gasteiger partial charge in [-0.25, -0.2) is 8.42 Å². The van der Waals surface area contributed by atoms with Crippen molar-refractivity contribution in [2.45, 2.75) is 11.3 Å². The molecule has 1 saturated heterocycles. The molecule has 122 valence electrons. The Morgan fingerprint density at radius 2 is 1.65 bits per heavy atom. The molecule has 0 unspecified atom stereocenters. The van der Waals surface area contributed by atoms with Gasteiger partial charge in [-0.15, -0.1) is 0 Å². The Hall–Kier alpha value is -2.46. The number of anilines is 2. The van der Waals surface area contributed by atoms with E-state index in [1.165, 1.54) is 18.2 Å². The van der Waals surface area contributed by atoms with Crippen molar-refractivity contribution in [2.24, 2.45) is 0 Å². The van der Waals surface area contributed by atoms with Crippen molar-refractivity contribution in [1.82, 2.24) is 9.62 Å². The Morgan fingerprint density at radius 1 is 0.957 bits per heavy atom. The molecule has 3 rings (SSSR count). The lowest BCUT2D eigenvalue weighted by Gasteiger charge is -2.26. The van der Waals surface area contributed by atoms with Crippen molar-refractivity contribution in [3.63, 3.8) is 0 Å². The summed E-state index contributed by atoms with van der Waals surface area (Å²) in [5.41, 5.74) is 0.541. The molecule has 0 spiro atoms. The molecule has 1 aromatic rings. The normalized spacial score (nSPS) is 19.2. The first-order valence-electron chi connectivity index (χ1n) is 6.87. The van der Waals surface area contributed by atoms with Gasteiger partial charge >= 0.3 is 0 Å². The van der Waals surface area contributed by atoms with Crippen LogP contribution in [0.15, 0.2) is 23.1 Å². The Balaban J connectivity index is 1.96. The van der Waals surface area contributed by atoms with Crippen molar-refractivity contribution < 1.29 is 22.8 Å². The van der Waals surface area contributed by atoms with E-state index in [1.54, 1.807) is 0 Å². The number of carbonyl (C=O) groups excluding carboxylic acids is 3. The summed E-state index contributed by atoms with van der Waals surface area (Å²) in [5.74, 6) is -1.35. The number of sulfonamides is 1. The summed E-state index contributed by atoms with van der Waals surface area (Å²) in [6.07, 6.45) is -0.330. The summed E-state index contributed by atoms with van der Waals surface area (Å²) in [6.45, 7) is 0.173. The highest BCUT2D eigenvalue weighted by molar-refractivity contribution is 7.89. The molecule has 1 aromatic carbocycles. The predicted octanol–water partition coefficient (Wildman–Crippen LogP) is -0.912. The molecule has 0 aromatic heterocycles. The van der Waals surface area contributed by atoms with Crippen LogP contribution in [0.3, 0.4) is 0 Å². The molecule has 0 radical (unpaired) electrons. The van der Waals surface area contributed by atoms with Gasteiger partial charge in [0.1, 0.15) is 6.42 Å². The molecule has 23 heavy (non-hydrogen) atoms. The molecule has 2 aliphatic heterocycles. The molecule has 0 bridgehead atoms.